The van der Waals surface area contributed by atoms with Crippen molar-refractivity contribution in [3.8, 4) is 0 Å². The van der Waals surface area contributed by atoms with Gasteiger partial charge in [0.1, 0.15) is 11.6 Å². The van der Waals surface area contributed by atoms with Crippen molar-refractivity contribution < 1.29 is 14.7 Å². The standard InChI is InChI=1S/C16H22N2O4/c1-3-9(2)13(16(21)22)18-15(20)11-8-10-6-4-5-7-12(10)17-14(11)19/h8-9,13H,3-7H2,1-2H3,(H,17,19)(H,18,20)(H,21,22). The van der Waals surface area contributed by atoms with E-state index in [-0.39, 0.29) is 11.5 Å². The number of carbonyl (C=O) groups excluding carboxylic acids is 1. The number of aromatic nitrogens is 1. The Morgan fingerprint density at radius 2 is 2.05 bits per heavy atom. The maximum atomic E-state index is 12.3. The molecule has 0 radical (unpaired) electrons. The molecular formula is C16H22N2O4. The zero-order chi connectivity index (χ0) is 16.3. The highest BCUT2D eigenvalue weighted by molar-refractivity contribution is 5.96. The fourth-order valence-electron chi connectivity index (χ4n) is 2.75. The Bertz CT molecular complexity index is 636. The largest absolute Gasteiger partial charge is 0.480 e. The first-order chi connectivity index (χ1) is 10.4. The number of aliphatic carboxylic acids is 1. The van der Waals surface area contributed by atoms with E-state index in [1.807, 2.05) is 6.92 Å². The van der Waals surface area contributed by atoms with Gasteiger partial charge in [0.25, 0.3) is 11.5 Å². The third-order valence-corrected chi connectivity index (χ3v) is 4.35. The summed E-state index contributed by atoms with van der Waals surface area (Å²) in [5.74, 6) is -1.92. The maximum absolute atomic E-state index is 12.3. The number of rotatable bonds is 5. The highest BCUT2D eigenvalue weighted by Gasteiger charge is 2.27. The van der Waals surface area contributed by atoms with Gasteiger partial charge in [0.15, 0.2) is 0 Å². The molecule has 1 aromatic heterocycles. The van der Waals surface area contributed by atoms with Crippen LogP contribution in [0.4, 0.5) is 0 Å². The molecule has 1 aromatic rings. The predicted octanol–water partition coefficient (Wildman–Crippen LogP) is 1.48. The van der Waals surface area contributed by atoms with Crippen LogP contribution in [-0.4, -0.2) is 28.0 Å². The molecule has 0 bridgehead atoms. The number of aromatic amines is 1. The number of amides is 1. The van der Waals surface area contributed by atoms with E-state index in [1.165, 1.54) is 0 Å². The fraction of sp³-hybridized carbons (Fsp3) is 0.562. The minimum absolute atomic E-state index is 0.00444. The molecule has 0 spiro atoms. The van der Waals surface area contributed by atoms with Crippen LogP contribution in [0.1, 0.15) is 54.7 Å². The van der Waals surface area contributed by atoms with E-state index >= 15 is 0 Å². The Hall–Kier alpha value is -2.11. The Morgan fingerprint density at radius 3 is 2.68 bits per heavy atom. The molecule has 2 unspecified atom stereocenters. The molecular weight excluding hydrogens is 284 g/mol. The number of pyridine rings is 1. The van der Waals surface area contributed by atoms with Crippen LogP contribution in [0.3, 0.4) is 0 Å². The van der Waals surface area contributed by atoms with Crippen molar-refractivity contribution in [1.29, 1.82) is 0 Å². The van der Waals surface area contributed by atoms with Gasteiger partial charge in [-0.3, -0.25) is 9.59 Å². The molecule has 1 aliphatic rings. The summed E-state index contributed by atoms with van der Waals surface area (Å²) in [6.45, 7) is 3.62. The molecule has 0 fully saturated rings. The van der Waals surface area contributed by atoms with Gasteiger partial charge in [-0.25, -0.2) is 4.79 Å². The summed E-state index contributed by atoms with van der Waals surface area (Å²) in [4.78, 5) is 38.4. The third-order valence-electron chi connectivity index (χ3n) is 4.35. The Balaban J connectivity index is 2.25. The van der Waals surface area contributed by atoms with Crippen LogP contribution < -0.4 is 10.9 Å². The Morgan fingerprint density at radius 1 is 1.36 bits per heavy atom. The van der Waals surface area contributed by atoms with Crippen molar-refractivity contribution >= 4 is 11.9 Å². The molecule has 1 aliphatic carbocycles. The number of carbonyl (C=O) groups is 2. The number of hydrogen-bond donors (Lipinski definition) is 3. The van der Waals surface area contributed by atoms with Gasteiger partial charge in [0.05, 0.1) is 0 Å². The van der Waals surface area contributed by atoms with Gasteiger partial charge in [-0.15, -0.1) is 0 Å². The SMILES string of the molecule is CCC(C)C(NC(=O)c1cc2c([nH]c1=O)CCCC2)C(=O)O. The van der Waals surface area contributed by atoms with Crippen molar-refractivity contribution in [2.75, 3.05) is 0 Å². The average Bonchev–Trinajstić information content (AvgIpc) is 2.50. The first-order valence-corrected chi connectivity index (χ1v) is 7.72. The minimum Gasteiger partial charge on any atom is -0.480 e. The number of nitrogens with one attached hydrogen (secondary N) is 2. The van der Waals surface area contributed by atoms with E-state index in [4.69, 9.17) is 0 Å². The molecule has 120 valence electrons. The van der Waals surface area contributed by atoms with Crippen molar-refractivity contribution in [3.05, 3.63) is 33.2 Å². The summed E-state index contributed by atoms with van der Waals surface area (Å²) in [6.07, 6.45) is 4.34. The van der Waals surface area contributed by atoms with Crippen LogP contribution in [0.15, 0.2) is 10.9 Å². The van der Waals surface area contributed by atoms with Crippen LogP contribution >= 0.6 is 0 Å². The van der Waals surface area contributed by atoms with E-state index in [2.05, 4.69) is 10.3 Å². The van der Waals surface area contributed by atoms with Crippen LogP contribution in [0.2, 0.25) is 0 Å². The van der Waals surface area contributed by atoms with E-state index in [9.17, 15) is 19.5 Å². The number of carboxylic acid groups (broad SMARTS) is 1. The maximum Gasteiger partial charge on any atom is 0.326 e. The van der Waals surface area contributed by atoms with E-state index in [1.54, 1.807) is 13.0 Å². The lowest BCUT2D eigenvalue weighted by atomic mass is 9.94. The molecule has 2 rings (SSSR count). The topological polar surface area (TPSA) is 99.3 Å². The van der Waals surface area contributed by atoms with E-state index in [0.29, 0.717) is 6.42 Å². The zero-order valence-corrected chi connectivity index (χ0v) is 12.9. The Kier molecular flexibility index (Phi) is 5.00. The van der Waals surface area contributed by atoms with Gasteiger partial charge in [-0.2, -0.15) is 0 Å². The summed E-state index contributed by atoms with van der Waals surface area (Å²) >= 11 is 0. The van der Waals surface area contributed by atoms with Crippen LogP contribution in [-0.2, 0) is 17.6 Å². The van der Waals surface area contributed by atoms with Crippen LogP contribution in [0.5, 0.6) is 0 Å². The molecule has 6 nitrogen and oxygen atoms in total. The smallest absolute Gasteiger partial charge is 0.326 e. The molecule has 2 atom stereocenters. The molecule has 0 saturated heterocycles. The number of fused-ring (bicyclic) bond motifs is 1. The average molecular weight is 306 g/mol. The van der Waals surface area contributed by atoms with E-state index < -0.39 is 23.5 Å². The molecule has 0 aromatic carbocycles. The van der Waals surface area contributed by atoms with Crippen LogP contribution in [0, 0.1) is 5.92 Å². The molecule has 3 N–H and O–H groups in total. The van der Waals surface area contributed by atoms with Gasteiger partial charge < -0.3 is 15.4 Å². The molecule has 6 heteroatoms. The van der Waals surface area contributed by atoms with Crippen molar-refractivity contribution in [3.63, 3.8) is 0 Å². The van der Waals surface area contributed by atoms with E-state index in [0.717, 1.165) is 36.9 Å². The van der Waals surface area contributed by atoms with Crippen LogP contribution in [0.25, 0.3) is 0 Å². The highest BCUT2D eigenvalue weighted by Crippen LogP contribution is 2.18. The molecule has 22 heavy (non-hydrogen) atoms. The second-order valence-electron chi connectivity index (χ2n) is 5.90. The second kappa shape index (κ2) is 6.77. The molecule has 1 amide bonds. The second-order valence-corrected chi connectivity index (χ2v) is 5.90. The van der Waals surface area contributed by atoms with Crippen molar-refractivity contribution in [2.45, 2.75) is 52.0 Å². The molecule has 1 heterocycles. The summed E-state index contributed by atoms with van der Waals surface area (Å²) in [5.41, 5.74) is 1.41. The lowest BCUT2D eigenvalue weighted by molar-refractivity contribution is -0.140. The lowest BCUT2D eigenvalue weighted by Crippen LogP contribution is -2.46. The summed E-state index contributed by atoms with van der Waals surface area (Å²) in [6, 6.07) is 0.617. The quantitative estimate of drug-likeness (QED) is 0.767. The first kappa shape index (κ1) is 16.3. The molecule has 0 saturated carbocycles. The minimum atomic E-state index is -1.09. The fourth-order valence-corrected chi connectivity index (χ4v) is 2.75. The highest BCUT2D eigenvalue weighted by atomic mass is 16.4. The number of carboxylic acids is 1. The summed E-state index contributed by atoms with van der Waals surface area (Å²) < 4.78 is 0. The van der Waals surface area contributed by atoms with Gasteiger partial charge in [-0.1, -0.05) is 20.3 Å². The summed E-state index contributed by atoms with van der Waals surface area (Å²) in [5, 5.41) is 11.7. The number of hydrogen-bond acceptors (Lipinski definition) is 3. The summed E-state index contributed by atoms with van der Waals surface area (Å²) in [7, 11) is 0. The monoisotopic (exact) mass is 306 g/mol. The number of H-pyrrole nitrogens is 1. The van der Waals surface area contributed by atoms with Gasteiger partial charge >= 0.3 is 5.97 Å². The molecule has 0 aliphatic heterocycles. The third kappa shape index (κ3) is 3.37. The predicted molar refractivity (Wildman–Crippen MR) is 82.0 cm³/mol. The normalized spacial score (nSPS) is 16.5. The Labute approximate surface area is 128 Å². The van der Waals surface area contributed by atoms with Gasteiger partial charge in [0.2, 0.25) is 0 Å². The van der Waals surface area contributed by atoms with Crippen molar-refractivity contribution in [2.24, 2.45) is 5.92 Å². The first-order valence-electron chi connectivity index (χ1n) is 7.72. The number of aryl methyl sites for hydroxylation is 2. The zero-order valence-electron chi connectivity index (χ0n) is 12.9. The van der Waals surface area contributed by atoms with Gasteiger partial charge in [-0.05, 0) is 43.2 Å². The van der Waals surface area contributed by atoms with Gasteiger partial charge in [0, 0.05) is 5.69 Å². The lowest BCUT2D eigenvalue weighted by Gasteiger charge is -2.21. The van der Waals surface area contributed by atoms with Crippen molar-refractivity contribution in [1.82, 2.24) is 10.3 Å².